The van der Waals surface area contributed by atoms with Crippen molar-refractivity contribution < 1.29 is 9.18 Å². The second kappa shape index (κ2) is 5.63. The van der Waals surface area contributed by atoms with Crippen LogP contribution in [-0.4, -0.2) is 17.4 Å². The lowest BCUT2D eigenvalue weighted by Gasteiger charge is -2.20. The maximum Gasteiger partial charge on any atom is 0.222 e. The van der Waals surface area contributed by atoms with E-state index in [1.807, 2.05) is 0 Å². The zero-order chi connectivity index (χ0) is 12.3. The van der Waals surface area contributed by atoms with Gasteiger partial charge in [0.05, 0.1) is 0 Å². The van der Waals surface area contributed by atoms with Gasteiger partial charge >= 0.3 is 0 Å². The molecular weight excluding hydrogens is 285 g/mol. The van der Waals surface area contributed by atoms with Crippen LogP contribution in [0, 0.1) is 5.82 Å². The molecule has 0 bridgehead atoms. The number of carbonyl (C=O) groups excluding carboxylic acids is 1. The number of nitrogens with zero attached hydrogens (tertiary/aromatic N) is 1. The molecule has 0 radical (unpaired) electrons. The second-order valence-corrected chi connectivity index (χ2v) is 5.28. The smallest absolute Gasteiger partial charge is 0.222 e. The summed E-state index contributed by atoms with van der Waals surface area (Å²) in [4.78, 5) is 13.6. The molecule has 0 atom stereocenters. The number of amides is 1. The summed E-state index contributed by atoms with van der Waals surface area (Å²) in [6.45, 7) is 1.13. The first-order valence-electron chi connectivity index (χ1n) is 5.88. The molecule has 4 heteroatoms. The molecule has 1 saturated heterocycles. The van der Waals surface area contributed by atoms with Crippen molar-refractivity contribution in [1.29, 1.82) is 0 Å². The van der Waals surface area contributed by atoms with Crippen LogP contribution in [0.25, 0.3) is 0 Å². The Hall–Kier alpha value is -0.900. The molecule has 17 heavy (non-hydrogen) atoms. The van der Waals surface area contributed by atoms with E-state index in [9.17, 15) is 9.18 Å². The monoisotopic (exact) mass is 299 g/mol. The molecule has 0 aliphatic carbocycles. The minimum absolute atomic E-state index is 0.143. The van der Waals surface area contributed by atoms with E-state index in [-0.39, 0.29) is 11.7 Å². The summed E-state index contributed by atoms with van der Waals surface area (Å²) in [5.74, 6) is -0.110. The first-order valence-corrected chi connectivity index (χ1v) is 6.68. The highest BCUT2D eigenvalue weighted by Gasteiger charge is 2.17. The van der Waals surface area contributed by atoms with Gasteiger partial charge in [0, 0.05) is 29.5 Å². The molecule has 1 aliphatic rings. The van der Waals surface area contributed by atoms with E-state index in [4.69, 9.17) is 0 Å². The molecule has 1 heterocycles. The van der Waals surface area contributed by atoms with E-state index >= 15 is 0 Å². The predicted molar refractivity (Wildman–Crippen MR) is 68.0 cm³/mol. The molecule has 1 aliphatic heterocycles. The zero-order valence-electron chi connectivity index (χ0n) is 9.59. The molecule has 0 spiro atoms. The Kier molecular flexibility index (Phi) is 4.15. The molecule has 2 rings (SSSR count). The molecule has 2 nitrogen and oxygen atoms in total. The third-order valence-corrected chi connectivity index (χ3v) is 3.54. The van der Waals surface area contributed by atoms with Crippen molar-refractivity contribution in [2.24, 2.45) is 0 Å². The molecule has 1 aromatic carbocycles. The maximum atomic E-state index is 13.7. The van der Waals surface area contributed by atoms with Gasteiger partial charge < -0.3 is 4.90 Å². The highest BCUT2D eigenvalue weighted by Crippen LogP contribution is 2.19. The van der Waals surface area contributed by atoms with Crippen LogP contribution in [0.1, 0.15) is 31.2 Å². The van der Waals surface area contributed by atoms with Crippen LogP contribution < -0.4 is 0 Å². The molecule has 92 valence electrons. The lowest BCUT2D eigenvalue weighted by Crippen LogP contribution is -2.30. The van der Waals surface area contributed by atoms with E-state index in [0.29, 0.717) is 18.5 Å². The number of hydrogen-bond acceptors (Lipinski definition) is 1. The number of likely N-dealkylation sites (tertiary alicyclic amines) is 1. The Labute approximate surface area is 109 Å². The summed E-state index contributed by atoms with van der Waals surface area (Å²) < 4.78 is 14.4. The highest BCUT2D eigenvalue weighted by molar-refractivity contribution is 9.10. The Bertz CT molecular complexity index is 422. The van der Waals surface area contributed by atoms with Gasteiger partial charge in [0.2, 0.25) is 5.91 Å². The van der Waals surface area contributed by atoms with Crippen molar-refractivity contribution in [1.82, 2.24) is 4.90 Å². The largest absolute Gasteiger partial charge is 0.338 e. The summed E-state index contributed by atoms with van der Waals surface area (Å²) >= 11 is 3.23. The molecule has 0 unspecified atom stereocenters. The van der Waals surface area contributed by atoms with Crippen LogP contribution in [0.2, 0.25) is 0 Å². The number of rotatable bonds is 2. The number of halogens is 2. The van der Waals surface area contributed by atoms with E-state index in [1.165, 1.54) is 6.07 Å². The third-order valence-electron chi connectivity index (χ3n) is 3.05. The van der Waals surface area contributed by atoms with Crippen LogP contribution >= 0.6 is 15.9 Å². The minimum atomic E-state index is -0.253. The van der Waals surface area contributed by atoms with Crippen LogP contribution in [0.5, 0.6) is 0 Å². The SMILES string of the molecule is O=C1CCCCCN1Cc1ccc(Br)cc1F. The molecule has 1 amide bonds. The van der Waals surface area contributed by atoms with Gasteiger partial charge in [-0.2, -0.15) is 0 Å². The van der Waals surface area contributed by atoms with Gasteiger partial charge in [-0.3, -0.25) is 4.79 Å². The van der Waals surface area contributed by atoms with Gasteiger partial charge in [-0.1, -0.05) is 28.4 Å². The Balaban J connectivity index is 2.10. The van der Waals surface area contributed by atoms with Gasteiger partial charge in [0.1, 0.15) is 5.82 Å². The van der Waals surface area contributed by atoms with Crippen LogP contribution in [0.15, 0.2) is 22.7 Å². The second-order valence-electron chi connectivity index (χ2n) is 4.36. The van der Waals surface area contributed by atoms with Gasteiger partial charge in [0.25, 0.3) is 0 Å². The topological polar surface area (TPSA) is 20.3 Å². The first-order chi connectivity index (χ1) is 8.16. The van der Waals surface area contributed by atoms with E-state index in [2.05, 4.69) is 15.9 Å². The number of hydrogen-bond donors (Lipinski definition) is 0. The third kappa shape index (κ3) is 3.28. The zero-order valence-corrected chi connectivity index (χ0v) is 11.2. The summed E-state index contributed by atoms with van der Waals surface area (Å²) in [6.07, 6.45) is 3.66. The van der Waals surface area contributed by atoms with Crippen LogP contribution in [0.3, 0.4) is 0 Å². The standard InChI is InChI=1S/C13H15BrFNO/c14-11-6-5-10(12(15)8-11)9-16-7-3-1-2-4-13(16)17/h5-6,8H,1-4,7,9H2. The van der Waals surface area contributed by atoms with Crippen molar-refractivity contribution in [3.8, 4) is 0 Å². The fraction of sp³-hybridized carbons (Fsp3) is 0.462. The summed E-state index contributed by atoms with van der Waals surface area (Å²) in [6, 6.07) is 4.98. The first kappa shape index (κ1) is 12.6. The van der Waals surface area contributed by atoms with Crippen molar-refractivity contribution >= 4 is 21.8 Å². The normalized spacial score (nSPS) is 17.1. The lowest BCUT2D eigenvalue weighted by atomic mass is 10.2. The number of benzene rings is 1. The lowest BCUT2D eigenvalue weighted by molar-refractivity contribution is -0.131. The fourth-order valence-corrected chi connectivity index (χ4v) is 2.39. The Morgan fingerprint density at radius 2 is 2.12 bits per heavy atom. The Morgan fingerprint density at radius 3 is 2.88 bits per heavy atom. The van der Waals surface area contributed by atoms with Gasteiger partial charge in [-0.15, -0.1) is 0 Å². The number of carbonyl (C=O) groups is 1. The highest BCUT2D eigenvalue weighted by atomic mass is 79.9. The molecule has 0 N–H and O–H groups in total. The van der Waals surface area contributed by atoms with Gasteiger partial charge in [0.15, 0.2) is 0 Å². The molecule has 1 fully saturated rings. The molecular formula is C13H15BrFNO. The maximum absolute atomic E-state index is 13.7. The molecule has 1 aromatic rings. The van der Waals surface area contributed by atoms with Gasteiger partial charge in [-0.25, -0.2) is 4.39 Å². The van der Waals surface area contributed by atoms with E-state index < -0.39 is 0 Å². The predicted octanol–water partition coefficient (Wildman–Crippen LogP) is 3.49. The molecule has 0 aromatic heterocycles. The van der Waals surface area contributed by atoms with Crippen LogP contribution in [-0.2, 0) is 11.3 Å². The van der Waals surface area contributed by atoms with E-state index in [0.717, 1.165) is 30.3 Å². The quantitative estimate of drug-likeness (QED) is 0.818. The minimum Gasteiger partial charge on any atom is -0.338 e. The average Bonchev–Trinajstić information content (AvgIpc) is 2.48. The van der Waals surface area contributed by atoms with Crippen molar-refractivity contribution in [3.63, 3.8) is 0 Å². The van der Waals surface area contributed by atoms with Crippen LogP contribution in [0.4, 0.5) is 4.39 Å². The van der Waals surface area contributed by atoms with Crippen molar-refractivity contribution in [3.05, 3.63) is 34.1 Å². The fourth-order valence-electron chi connectivity index (χ4n) is 2.06. The summed E-state index contributed by atoms with van der Waals surface area (Å²) in [7, 11) is 0. The summed E-state index contributed by atoms with van der Waals surface area (Å²) in [5, 5.41) is 0. The summed E-state index contributed by atoms with van der Waals surface area (Å²) in [5.41, 5.74) is 0.587. The van der Waals surface area contributed by atoms with Gasteiger partial charge in [-0.05, 0) is 25.0 Å². The van der Waals surface area contributed by atoms with Crippen molar-refractivity contribution in [2.45, 2.75) is 32.2 Å². The Morgan fingerprint density at radius 1 is 1.29 bits per heavy atom. The van der Waals surface area contributed by atoms with Crippen molar-refractivity contribution in [2.75, 3.05) is 6.54 Å². The van der Waals surface area contributed by atoms with E-state index in [1.54, 1.807) is 17.0 Å². The average molecular weight is 300 g/mol. The molecule has 0 saturated carbocycles.